The van der Waals surface area contributed by atoms with Crippen LogP contribution in [-0.4, -0.2) is 61.5 Å². The molecule has 11 nitrogen and oxygen atoms in total. The summed E-state index contributed by atoms with van der Waals surface area (Å²) < 4.78 is 7.04. The number of H-pyrrole nitrogens is 1. The minimum Gasteiger partial charge on any atom is -0.394 e. The number of aromatic amines is 1. The number of nitrogens with two attached hydrogens (primary N) is 1. The molecule has 3 rings (SSSR count). The molecule has 1 saturated heterocycles. The average molecular weight is 338 g/mol. The molecule has 1 fully saturated rings. The molecule has 2 aromatic rings. The fraction of sp³-hybridized carbons (Fsp3) is 0.538. The van der Waals surface area contributed by atoms with Gasteiger partial charge in [-0.05, 0) is 0 Å². The van der Waals surface area contributed by atoms with Crippen LogP contribution in [-0.2, 0) is 9.53 Å². The molecule has 4 atom stereocenters. The van der Waals surface area contributed by atoms with Crippen molar-refractivity contribution >= 4 is 23.0 Å². The quantitative estimate of drug-likeness (QED) is 0.415. The van der Waals surface area contributed by atoms with Gasteiger partial charge in [-0.15, -0.1) is 0 Å². The van der Waals surface area contributed by atoms with E-state index in [-0.39, 0.29) is 36.0 Å². The second kappa shape index (κ2) is 6.19. The van der Waals surface area contributed by atoms with Crippen molar-refractivity contribution in [3.63, 3.8) is 0 Å². The van der Waals surface area contributed by atoms with E-state index in [4.69, 9.17) is 10.5 Å². The molecule has 6 N–H and O–H groups in total. The van der Waals surface area contributed by atoms with Gasteiger partial charge in [0.15, 0.2) is 17.4 Å². The summed E-state index contributed by atoms with van der Waals surface area (Å²) in [5.41, 5.74) is 5.24. The van der Waals surface area contributed by atoms with Crippen molar-refractivity contribution in [2.24, 2.45) is 5.92 Å². The van der Waals surface area contributed by atoms with E-state index in [9.17, 15) is 19.8 Å². The number of aliphatic hydroxyl groups is 2. The van der Waals surface area contributed by atoms with Crippen LogP contribution in [0.2, 0.25) is 0 Å². The summed E-state index contributed by atoms with van der Waals surface area (Å²) in [6, 6.07) is 0. The van der Waals surface area contributed by atoms with Gasteiger partial charge in [0.1, 0.15) is 6.10 Å². The molecule has 24 heavy (non-hydrogen) atoms. The first-order chi connectivity index (χ1) is 11.5. The summed E-state index contributed by atoms with van der Waals surface area (Å²) in [6.07, 6.45) is -1.49. The molecule has 130 valence electrons. The normalized spacial score (nSPS) is 26.8. The third kappa shape index (κ3) is 2.62. The molecule has 11 heteroatoms. The lowest BCUT2D eigenvalue weighted by molar-refractivity contribution is -0.122. The van der Waals surface area contributed by atoms with E-state index in [1.54, 1.807) is 0 Å². The number of nitrogens with zero attached hydrogens (tertiary/aromatic N) is 3. The number of aromatic nitrogens is 4. The van der Waals surface area contributed by atoms with Crippen LogP contribution in [0.15, 0.2) is 11.1 Å². The Bertz CT molecular complexity index is 817. The van der Waals surface area contributed by atoms with Crippen LogP contribution in [0, 0.1) is 5.92 Å². The topological polar surface area (TPSA) is 168 Å². The van der Waals surface area contributed by atoms with Gasteiger partial charge in [0.25, 0.3) is 5.56 Å². The van der Waals surface area contributed by atoms with Gasteiger partial charge in [-0.2, -0.15) is 4.98 Å². The van der Waals surface area contributed by atoms with Crippen LogP contribution >= 0.6 is 0 Å². The van der Waals surface area contributed by atoms with E-state index in [1.807, 2.05) is 0 Å². The molecule has 3 heterocycles. The predicted octanol–water partition coefficient (Wildman–Crippen LogP) is -2.30. The highest BCUT2D eigenvalue weighted by molar-refractivity contribution is 5.76. The maximum atomic E-state index is 11.8. The van der Waals surface area contributed by atoms with E-state index < -0.39 is 29.9 Å². The van der Waals surface area contributed by atoms with Crippen molar-refractivity contribution in [3.8, 4) is 0 Å². The number of carbonyl (C=O) groups excluding carboxylic acids is 1. The fourth-order valence-corrected chi connectivity index (χ4v) is 2.90. The molecule has 1 aliphatic rings. The Kier molecular flexibility index (Phi) is 4.22. The number of ether oxygens (including phenoxy) is 1. The third-order valence-electron chi connectivity index (χ3n) is 4.13. The summed E-state index contributed by atoms with van der Waals surface area (Å²) in [7, 11) is 1.48. The molecule has 0 aliphatic carbocycles. The first kappa shape index (κ1) is 16.4. The van der Waals surface area contributed by atoms with Crippen LogP contribution in [0.25, 0.3) is 11.2 Å². The van der Waals surface area contributed by atoms with Crippen LogP contribution < -0.4 is 16.6 Å². The lowest BCUT2D eigenvalue weighted by atomic mass is 9.94. The van der Waals surface area contributed by atoms with Gasteiger partial charge in [0.2, 0.25) is 11.9 Å². The van der Waals surface area contributed by atoms with Crippen LogP contribution in [0.3, 0.4) is 0 Å². The second-order valence-corrected chi connectivity index (χ2v) is 5.55. The summed E-state index contributed by atoms with van der Waals surface area (Å²) in [5.74, 6) is -0.991. The minimum atomic E-state index is -1.10. The van der Waals surface area contributed by atoms with Crippen molar-refractivity contribution < 1.29 is 19.7 Å². The van der Waals surface area contributed by atoms with Gasteiger partial charge in [0.05, 0.1) is 19.0 Å². The third-order valence-corrected chi connectivity index (χ3v) is 4.13. The van der Waals surface area contributed by atoms with Gasteiger partial charge < -0.3 is 26.0 Å². The fourth-order valence-electron chi connectivity index (χ4n) is 2.90. The van der Waals surface area contributed by atoms with Gasteiger partial charge in [0, 0.05) is 19.4 Å². The van der Waals surface area contributed by atoms with E-state index >= 15 is 0 Å². The Morgan fingerprint density at radius 1 is 1.58 bits per heavy atom. The standard InChI is InChI=1S/C13H18N6O5/c1-15-7(21)2-5-6(3-20)24-12(9(5)22)19-4-16-8-10(19)17-13(14)18-11(8)23/h4-6,9,12,20,22H,2-3H2,1H3,(H,15,21)(H3,14,17,18,23)/t5-,6-,9-,12-/m1/s1. The maximum Gasteiger partial charge on any atom is 0.280 e. The largest absolute Gasteiger partial charge is 0.394 e. The molecule has 0 radical (unpaired) electrons. The van der Waals surface area contributed by atoms with Gasteiger partial charge in [-0.25, -0.2) is 4.98 Å². The Balaban J connectivity index is 1.98. The number of rotatable bonds is 4. The van der Waals surface area contributed by atoms with Crippen molar-refractivity contribution in [2.45, 2.75) is 24.9 Å². The molecule has 2 aromatic heterocycles. The first-order valence-corrected chi connectivity index (χ1v) is 7.33. The second-order valence-electron chi connectivity index (χ2n) is 5.55. The highest BCUT2D eigenvalue weighted by Crippen LogP contribution is 2.36. The Morgan fingerprint density at radius 3 is 3.00 bits per heavy atom. The van der Waals surface area contributed by atoms with Crippen molar-refractivity contribution in [3.05, 3.63) is 16.7 Å². The highest BCUT2D eigenvalue weighted by Gasteiger charge is 2.45. The Morgan fingerprint density at radius 2 is 2.33 bits per heavy atom. The van der Waals surface area contributed by atoms with Gasteiger partial charge >= 0.3 is 0 Å². The number of fused-ring (bicyclic) bond motifs is 1. The zero-order chi connectivity index (χ0) is 17.4. The SMILES string of the molecule is CNC(=O)C[C@H]1[C@@H](O)[C@H](n2cnc3c(=O)[nH]c(N)nc32)O[C@@H]1CO. The maximum absolute atomic E-state index is 11.8. The smallest absolute Gasteiger partial charge is 0.280 e. The van der Waals surface area contributed by atoms with E-state index in [2.05, 4.69) is 20.3 Å². The number of imidazole rings is 1. The highest BCUT2D eigenvalue weighted by atomic mass is 16.5. The lowest BCUT2D eigenvalue weighted by Crippen LogP contribution is -2.33. The zero-order valence-corrected chi connectivity index (χ0v) is 12.8. The number of hydrogen-bond acceptors (Lipinski definition) is 8. The molecular weight excluding hydrogens is 320 g/mol. The van der Waals surface area contributed by atoms with Gasteiger partial charge in [-0.1, -0.05) is 0 Å². The molecule has 0 aromatic carbocycles. The number of hydrogen-bond donors (Lipinski definition) is 5. The zero-order valence-electron chi connectivity index (χ0n) is 12.8. The van der Waals surface area contributed by atoms with E-state index in [1.165, 1.54) is 17.9 Å². The lowest BCUT2D eigenvalue weighted by Gasteiger charge is -2.18. The predicted molar refractivity (Wildman–Crippen MR) is 81.7 cm³/mol. The summed E-state index contributed by atoms with van der Waals surface area (Å²) >= 11 is 0. The minimum absolute atomic E-state index is 0.0117. The number of carbonyl (C=O) groups is 1. The Hall–Kier alpha value is -2.50. The summed E-state index contributed by atoms with van der Waals surface area (Å²) in [4.78, 5) is 33.8. The van der Waals surface area contributed by atoms with Crippen LogP contribution in [0.4, 0.5) is 5.95 Å². The monoisotopic (exact) mass is 338 g/mol. The van der Waals surface area contributed by atoms with Crippen molar-refractivity contribution in [1.82, 2.24) is 24.8 Å². The van der Waals surface area contributed by atoms with E-state index in [0.29, 0.717) is 0 Å². The van der Waals surface area contributed by atoms with Crippen molar-refractivity contribution in [1.29, 1.82) is 0 Å². The Labute approximate surface area is 135 Å². The molecule has 1 amide bonds. The summed E-state index contributed by atoms with van der Waals surface area (Å²) in [6.45, 7) is -0.363. The number of anilines is 1. The summed E-state index contributed by atoms with van der Waals surface area (Å²) in [5, 5.41) is 22.5. The molecule has 0 saturated carbocycles. The van der Waals surface area contributed by atoms with Gasteiger partial charge in [-0.3, -0.25) is 19.1 Å². The van der Waals surface area contributed by atoms with E-state index in [0.717, 1.165) is 0 Å². The van der Waals surface area contributed by atoms with Crippen LogP contribution in [0.1, 0.15) is 12.6 Å². The number of nitrogens with one attached hydrogen (secondary N) is 2. The van der Waals surface area contributed by atoms with Crippen LogP contribution in [0.5, 0.6) is 0 Å². The first-order valence-electron chi connectivity index (χ1n) is 7.33. The number of nitrogen functional groups attached to an aromatic ring is 1. The van der Waals surface area contributed by atoms with Crippen molar-refractivity contribution in [2.75, 3.05) is 19.4 Å². The average Bonchev–Trinajstić information content (AvgIpc) is 3.09. The molecular formula is C13H18N6O5. The number of aliphatic hydroxyl groups excluding tert-OH is 2. The molecule has 0 spiro atoms. The molecule has 0 bridgehead atoms. The molecule has 1 aliphatic heterocycles. The number of amides is 1. The molecule has 0 unspecified atom stereocenters.